The second-order valence-electron chi connectivity index (χ2n) is 8.06. The summed E-state index contributed by atoms with van der Waals surface area (Å²) in [6.45, 7) is 3.77. The lowest BCUT2D eigenvalue weighted by molar-refractivity contribution is -0.120. The van der Waals surface area contributed by atoms with Crippen molar-refractivity contribution < 1.29 is 9.21 Å². The summed E-state index contributed by atoms with van der Waals surface area (Å²) in [4.78, 5) is 19.5. The Balaban J connectivity index is 1.32. The van der Waals surface area contributed by atoms with Crippen LogP contribution in [0.2, 0.25) is 5.02 Å². The fourth-order valence-corrected chi connectivity index (χ4v) is 4.08. The van der Waals surface area contributed by atoms with Gasteiger partial charge in [-0.1, -0.05) is 48.7 Å². The molecule has 3 aromatic rings. The van der Waals surface area contributed by atoms with E-state index in [0.29, 0.717) is 23.2 Å². The van der Waals surface area contributed by atoms with Gasteiger partial charge in [0.15, 0.2) is 0 Å². The SMILES string of the molecule is O=C(Cc1coc(-c2ccc(Cl)cc2)n1)NCc1ccccc1CN1CCCCCC1. The molecule has 0 atom stereocenters. The summed E-state index contributed by atoms with van der Waals surface area (Å²) in [6.07, 6.45) is 6.93. The summed E-state index contributed by atoms with van der Waals surface area (Å²) in [5.41, 5.74) is 3.90. The number of amides is 1. The highest BCUT2D eigenvalue weighted by Crippen LogP contribution is 2.21. The van der Waals surface area contributed by atoms with Gasteiger partial charge in [0.2, 0.25) is 11.8 Å². The standard InChI is InChI=1S/C25H28ClN3O2/c26-22-11-9-19(10-12-22)25-28-23(18-31-25)15-24(30)27-16-20-7-3-4-8-21(20)17-29-13-5-1-2-6-14-29/h3-4,7-12,18H,1-2,5-6,13-17H2,(H,27,30). The van der Waals surface area contributed by atoms with Gasteiger partial charge in [-0.3, -0.25) is 9.69 Å². The van der Waals surface area contributed by atoms with Gasteiger partial charge in [-0.15, -0.1) is 0 Å². The van der Waals surface area contributed by atoms with E-state index in [1.54, 1.807) is 12.1 Å². The molecule has 0 spiro atoms. The normalized spacial score (nSPS) is 14.9. The Morgan fingerprint density at radius 3 is 2.45 bits per heavy atom. The van der Waals surface area contributed by atoms with Crippen LogP contribution in [0.4, 0.5) is 0 Å². The summed E-state index contributed by atoms with van der Waals surface area (Å²) in [5.74, 6) is 0.419. The fourth-order valence-electron chi connectivity index (χ4n) is 3.95. The van der Waals surface area contributed by atoms with Crippen LogP contribution < -0.4 is 5.32 Å². The second-order valence-corrected chi connectivity index (χ2v) is 8.50. The van der Waals surface area contributed by atoms with Crippen LogP contribution in [-0.2, 0) is 24.3 Å². The van der Waals surface area contributed by atoms with Gasteiger partial charge in [0.1, 0.15) is 6.26 Å². The molecular formula is C25H28ClN3O2. The van der Waals surface area contributed by atoms with Crippen LogP contribution in [-0.4, -0.2) is 28.9 Å². The zero-order valence-electron chi connectivity index (χ0n) is 17.6. The van der Waals surface area contributed by atoms with E-state index in [-0.39, 0.29) is 12.3 Å². The van der Waals surface area contributed by atoms with Crippen LogP contribution in [0.3, 0.4) is 0 Å². The number of nitrogens with zero attached hydrogens (tertiary/aromatic N) is 2. The minimum absolute atomic E-state index is 0.0690. The van der Waals surface area contributed by atoms with Gasteiger partial charge in [-0.2, -0.15) is 0 Å². The topological polar surface area (TPSA) is 58.4 Å². The van der Waals surface area contributed by atoms with Crippen LogP contribution in [0.25, 0.3) is 11.5 Å². The molecule has 2 heterocycles. The number of benzene rings is 2. The van der Waals surface area contributed by atoms with Crippen molar-refractivity contribution in [2.75, 3.05) is 13.1 Å². The first-order valence-corrected chi connectivity index (χ1v) is 11.3. The monoisotopic (exact) mass is 437 g/mol. The van der Waals surface area contributed by atoms with Crippen molar-refractivity contribution in [3.05, 3.63) is 76.6 Å². The van der Waals surface area contributed by atoms with Gasteiger partial charge in [0, 0.05) is 23.7 Å². The molecule has 5 nitrogen and oxygen atoms in total. The molecule has 0 aliphatic carbocycles. The number of rotatable bonds is 7. The maximum Gasteiger partial charge on any atom is 0.226 e. The van der Waals surface area contributed by atoms with Gasteiger partial charge in [0.05, 0.1) is 12.1 Å². The molecule has 0 radical (unpaired) electrons. The van der Waals surface area contributed by atoms with Crippen LogP contribution in [0.5, 0.6) is 0 Å². The molecule has 4 rings (SSSR count). The molecule has 31 heavy (non-hydrogen) atoms. The van der Waals surface area contributed by atoms with Gasteiger partial charge in [-0.05, 0) is 61.3 Å². The predicted octanol–water partition coefficient (Wildman–Crippen LogP) is 5.23. The lowest BCUT2D eigenvalue weighted by Crippen LogP contribution is -2.27. The Hall–Kier alpha value is -2.63. The minimum Gasteiger partial charge on any atom is -0.444 e. The number of likely N-dealkylation sites (tertiary alicyclic amines) is 1. The van der Waals surface area contributed by atoms with Crippen molar-refractivity contribution in [3.63, 3.8) is 0 Å². The third-order valence-corrected chi connectivity index (χ3v) is 5.92. The second kappa shape index (κ2) is 10.6. The molecular weight excluding hydrogens is 410 g/mol. The van der Waals surface area contributed by atoms with E-state index in [0.717, 1.165) is 25.2 Å². The van der Waals surface area contributed by atoms with E-state index < -0.39 is 0 Å². The Labute approximate surface area is 188 Å². The van der Waals surface area contributed by atoms with E-state index in [9.17, 15) is 4.79 Å². The van der Waals surface area contributed by atoms with Crippen molar-refractivity contribution in [3.8, 4) is 11.5 Å². The summed E-state index contributed by atoms with van der Waals surface area (Å²) >= 11 is 5.92. The maximum atomic E-state index is 12.5. The lowest BCUT2D eigenvalue weighted by Gasteiger charge is -2.21. The van der Waals surface area contributed by atoms with Crippen molar-refractivity contribution >= 4 is 17.5 Å². The van der Waals surface area contributed by atoms with Crippen LogP contribution in [0.15, 0.2) is 59.2 Å². The highest BCUT2D eigenvalue weighted by atomic mass is 35.5. The highest BCUT2D eigenvalue weighted by Gasteiger charge is 2.13. The molecule has 1 N–H and O–H groups in total. The molecule has 6 heteroatoms. The van der Waals surface area contributed by atoms with Gasteiger partial charge >= 0.3 is 0 Å². The fraction of sp³-hybridized carbons (Fsp3) is 0.360. The number of hydrogen-bond acceptors (Lipinski definition) is 4. The molecule has 1 amide bonds. The van der Waals surface area contributed by atoms with Crippen molar-refractivity contribution in [2.45, 2.75) is 45.2 Å². The van der Waals surface area contributed by atoms with E-state index >= 15 is 0 Å². The summed E-state index contributed by atoms with van der Waals surface area (Å²) < 4.78 is 5.53. The number of carbonyl (C=O) groups excluding carboxylic acids is 1. The Morgan fingerprint density at radius 1 is 1.00 bits per heavy atom. The third-order valence-electron chi connectivity index (χ3n) is 5.67. The van der Waals surface area contributed by atoms with Crippen molar-refractivity contribution in [1.82, 2.24) is 15.2 Å². The Bertz CT molecular complexity index is 992. The minimum atomic E-state index is -0.0690. The molecule has 0 unspecified atom stereocenters. The van der Waals surface area contributed by atoms with E-state index in [1.165, 1.54) is 43.1 Å². The first kappa shape index (κ1) is 21.6. The van der Waals surface area contributed by atoms with Crippen LogP contribution in [0.1, 0.15) is 42.5 Å². The molecule has 1 fully saturated rings. The van der Waals surface area contributed by atoms with Gasteiger partial charge in [0.25, 0.3) is 0 Å². The first-order chi connectivity index (χ1) is 15.2. The van der Waals surface area contributed by atoms with Gasteiger partial charge in [-0.25, -0.2) is 4.98 Å². The smallest absolute Gasteiger partial charge is 0.226 e. The van der Waals surface area contributed by atoms with Crippen LogP contribution >= 0.6 is 11.6 Å². The Kier molecular flexibility index (Phi) is 7.39. The first-order valence-electron chi connectivity index (χ1n) is 10.9. The molecule has 1 aromatic heterocycles. The summed E-state index contributed by atoms with van der Waals surface area (Å²) in [5, 5.41) is 3.70. The maximum absolute atomic E-state index is 12.5. The number of nitrogens with one attached hydrogen (secondary N) is 1. The van der Waals surface area contributed by atoms with E-state index in [4.69, 9.17) is 16.0 Å². The van der Waals surface area contributed by atoms with E-state index in [2.05, 4.69) is 33.4 Å². The average molecular weight is 438 g/mol. The molecule has 2 aromatic carbocycles. The summed E-state index contributed by atoms with van der Waals surface area (Å²) in [7, 11) is 0. The number of aromatic nitrogens is 1. The molecule has 0 saturated carbocycles. The highest BCUT2D eigenvalue weighted by molar-refractivity contribution is 6.30. The molecule has 162 valence electrons. The lowest BCUT2D eigenvalue weighted by atomic mass is 10.1. The average Bonchev–Trinajstić information content (AvgIpc) is 3.08. The molecule has 1 saturated heterocycles. The van der Waals surface area contributed by atoms with Crippen molar-refractivity contribution in [1.29, 1.82) is 0 Å². The Morgan fingerprint density at radius 2 is 1.71 bits per heavy atom. The third kappa shape index (κ3) is 6.18. The molecule has 0 bridgehead atoms. The summed E-state index contributed by atoms with van der Waals surface area (Å²) in [6, 6.07) is 15.6. The number of oxazole rings is 1. The quantitative estimate of drug-likeness (QED) is 0.549. The van der Waals surface area contributed by atoms with Crippen molar-refractivity contribution in [2.24, 2.45) is 0 Å². The molecule has 1 aliphatic heterocycles. The van der Waals surface area contributed by atoms with Crippen LogP contribution in [0, 0.1) is 0 Å². The largest absolute Gasteiger partial charge is 0.444 e. The number of halogens is 1. The number of hydrogen-bond donors (Lipinski definition) is 1. The van der Waals surface area contributed by atoms with E-state index in [1.807, 2.05) is 18.2 Å². The zero-order chi connectivity index (χ0) is 21.5. The predicted molar refractivity (Wildman–Crippen MR) is 123 cm³/mol. The zero-order valence-corrected chi connectivity index (χ0v) is 18.4. The molecule has 1 aliphatic rings. The van der Waals surface area contributed by atoms with Gasteiger partial charge < -0.3 is 9.73 Å². The number of carbonyl (C=O) groups is 1.